The van der Waals surface area contributed by atoms with E-state index < -0.39 is 0 Å². The van der Waals surface area contributed by atoms with E-state index in [-0.39, 0.29) is 18.2 Å². The van der Waals surface area contributed by atoms with Crippen LogP contribution in [0.25, 0.3) is 0 Å². The molecule has 3 atom stereocenters. The van der Waals surface area contributed by atoms with Crippen LogP contribution in [0.1, 0.15) is 37.3 Å². The van der Waals surface area contributed by atoms with Crippen molar-refractivity contribution in [3.63, 3.8) is 0 Å². The third kappa shape index (κ3) is 2.55. The van der Waals surface area contributed by atoms with Crippen molar-refractivity contribution >= 4 is 0 Å². The third-order valence-corrected chi connectivity index (χ3v) is 4.07. The van der Waals surface area contributed by atoms with Crippen LogP contribution in [0, 0.1) is 0 Å². The summed E-state index contributed by atoms with van der Waals surface area (Å²) in [6.45, 7) is 0.668. The van der Waals surface area contributed by atoms with Crippen molar-refractivity contribution in [2.75, 3.05) is 13.7 Å². The molecule has 0 aromatic heterocycles. The molecule has 1 aliphatic heterocycles. The molecule has 1 aromatic carbocycles. The smallest absolute Gasteiger partial charge is 0.127 e. The van der Waals surface area contributed by atoms with Gasteiger partial charge in [-0.05, 0) is 38.4 Å². The van der Waals surface area contributed by atoms with Gasteiger partial charge in [-0.25, -0.2) is 0 Å². The minimum atomic E-state index is -0.340. The molecule has 0 radical (unpaired) electrons. The second-order valence-corrected chi connectivity index (χ2v) is 5.36. The Morgan fingerprint density at radius 2 is 2.16 bits per heavy atom. The summed E-state index contributed by atoms with van der Waals surface area (Å²) in [5.41, 5.74) is 1.18. The van der Waals surface area contributed by atoms with Crippen LogP contribution >= 0.6 is 0 Å². The molecule has 1 fully saturated rings. The molecule has 1 aromatic rings. The molecule has 2 aliphatic rings. The van der Waals surface area contributed by atoms with Crippen molar-refractivity contribution < 1.29 is 14.6 Å². The Labute approximate surface area is 113 Å². The lowest BCUT2D eigenvalue weighted by molar-refractivity contribution is 0.00679. The molecule has 0 saturated heterocycles. The van der Waals surface area contributed by atoms with Crippen LogP contribution in [0.2, 0.25) is 0 Å². The molecule has 3 unspecified atom stereocenters. The SMILES string of the molecule is CNC1COc2cc(OC3CCCCC3O)ccc21. The van der Waals surface area contributed by atoms with E-state index in [0.29, 0.717) is 6.61 Å². The molecule has 104 valence electrons. The highest BCUT2D eigenvalue weighted by Gasteiger charge is 2.26. The Kier molecular flexibility index (Phi) is 3.62. The predicted molar refractivity (Wildman–Crippen MR) is 72.6 cm³/mol. The first kappa shape index (κ1) is 12.8. The maximum Gasteiger partial charge on any atom is 0.127 e. The van der Waals surface area contributed by atoms with Gasteiger partial charge in [-0.15, -0.1) is 0 Å². The second kappa shape index (κ2) is 5.39. The summed E-state index contributed by atoms with van der Waals surface area (Å²) in [4.78, 5) is 0. The van der Waals surface area contributed by atoms with Gasteiger partial charge in [0.2, 0.25) is 0 Å². The zero-order valence-electron chi connectivity index (χ0n) is 11.3. The van der Waals surface area contributed by atoms with Gasteiger partial charge in [0.05, 0.1) is 12.1 Å². The van der Waals surface area contributed by atoms with E-state index in [2.05, 4.69) is 5.32 Å². The van der Waals surface area contributed by atoms with Crippen LogP contribution < -0.4 is 14.8 Å². The summed E-state index contributed by atoms with van der Waals surface area (Å²) >= 11 is 0. The van der Waals surface area contributed by atoms with Gasteiger partial charge in [-0.2, -0.15) is 0 Å². The van der Waals surface area contributed by atoms with Crippen molar-refractivity contribution in [1.82, 2.24) is 5.32 Å². The van der Waals surface area contributed by atoms with Crippen molar-refractivity contribution in [3.8, 4) is 11.5 Å². The number of hydrogen-bond acceptors (Lipinski definition) is 4. The minimum Gasteiger partial charge on any atom is -0.491 e. The average molecular weight is 263 g/mol. The van der Waals surface area contributed by atoms with Crippen LogP contribution in [0.4, 0.5) is 0 Å². The van der Waals surface area contributed by atoms with Crippen LogP contribution in [0.5, 0.6) is 11.5 Å². The highest BCUT2D eigenvalue weighted by Crippen LogP contribution is 2.36. The molecule has 1 aliphatic carbocycles. The molecule has 0 bridgehead atoms. The van der Waals surface area contributed by atoms with Crippen LogP contribution in [-0.4, -0.2) is 31.0 Å². The lowest BCUT2D eigenvalue weighted by Gasteiger charge is -2.28. The number of rotatable bonds is 3. The zero-order chi connectivity index (χ0) is 13.2. The summed E-state index contributed by atoms with van der Waals surface area (Å²) in [5.74, 6) is 1.68. The van der Waals surface area contributed by atoms with Gasteiger partial charge >= 0.3 is 0 Å². The standard InChI is InChI=1S/C15H21NO3/c1-16-12-9-18-15-8-10(6-7-11(12)15)19-14-5-3-2-4-13(14)17/h6-8,12-14,16-17H,2-5,9H2,1H3. The zero-order valence-corrected chi connectivity index (χ0v) is 11.3. The Morgan fingerprint density at radius 3 is 2.95 bits per heavy atom. The Balaban J connectivity index is 1.72. The minimum absolute atomic E-state index is 0.0756. The van der Waals surface area contributed by atoms with Gasteiger partial charge in [0.15, 0.2) is 0 Å². The highest BCUT2D eigenvalue weighted by molar-refractivity contribution is 5.45. The quantitative estimate of drug-likeness (QED) is 0.876. The fraction of sp³-hybridized carbons (Fsp3) is 0.600. The van der Waals surface area contributed by atoms with E-state index in [0.717, 1.165) is 37.2 Å². The van der Waals surface area contributed by atoms with E-state index >= 15 is 0 Å². The van der Waals surface area contributed by atoms with Gasteiger partial charge in [0.1, 0.15) is 24.2 Å². The number of ether oxygens (including phenoxy) is 2. The summed E-state index contributed by atoms with van der Waals surface area (Å²) in [6.07, 6.45) is 3.58. The molecule has 0 spiro atoms. The maximum atomic E-state index is 9.94. The van der Waals surface area contributed by atoms with E-state index in [1.165, 1.54) is 5.56 Å². The van der Waals surface area contributed by atoms with Gasteiger partial charge in [0, 0.05) is 11.6 Å². The second-order valence-electron chi connectivity index (χ2n) is 5.36. The van der Waals surface area contributed by atoms with Crippen LogP contribution in [0.15, 0.2) is 18.2 Å². The number of nitrogens with one attached hydrogen (secondary N) is 1. The van der Waals surface area contributed by atoms with Crippen molar-refractivity contribution in [2.45, 2.75) is 43.9 Å². The molecular weight excluding hydrogens is 242 g/mol. The van der Waals surface area contributed by atoms with Crippen LogP contribution in [0.3, 0.4) is 0 Å². The van der Waals surface area contributed by atoms with Gasteiger partial charge < -0.3 is 19.9 Å². The van der Waals surface area contributed by atoms with Gasteiger partial charge in [-0.1, -0.05) is 6.42 Å². The highest BCUT2D eigenvalue weighted by atomic mass is 16.5. The number of likely N-dealkylation sites (N-methyl/N-ethyl adjacent to an activating group) is 1. The molecule has 4 heteroatoms. The predicted octanol–water partition coefficient (Wildman–Crippen LogP) is 2.02. The first-order valence-electron chi connectivity index (χ1n) is 7.06. The van der Waals surface area contributed by atoms with E-state index in [4.69, 9.17) is 9.47 Å². The van der Waals surface area contributed by atoms with Crippen molar-refractivity contribution in [1.29, 1.82) is 0 Å². The Bertz CT molecular complexity index is 449. The fourth-order valence-corrected chi connectivity index (χ4v) is 2.89. The molecule has 0 amide bonds. The molecule has 2 N–H and O–H groups in total. The molecule has 3 rings (SSSR count). The number of aliphatic hydroxyl groups is 1. The lowest BCUT2D eigenvalue weighted by atomic mass is 9.95. The topological polar surface area (TPSA) is 50.7 Å². The first-order chi connectivity index (χ1) is 9.28. The van der Waals surface area contributed by atoms with Gasteiger partial charge in [-0.3, -0.25) is 0 Å². The average Bonchev–Trinajstić information content (AvgIpc) is 2.83. The number of aliphatic hydroxyl groups excluding tert-OH is 1. The summed E-state index contributed by atoms with van der Waals surface area (Å²) < 4.78 is 11.6. The summed E-state index contributed by atoms with van der Waals surface area (Å²) in [7, 11) is 1.94. The molecular formula is C15H21NO3. The number of fused-ring (bicyclic) bond motifs is 1. The summed E-state index contributed by atoms with van der Waals surface area (Å²) in [5, 5.41) is 13.2. The van der Waals surface area contributed by atoms with E-state index in [9.17, 15) is 5.11 Å². The van der Waals surface area contributed by atoms with E-state index in [1.807, 2.05) is 25.2 Å². The fourth-order valence-electron chi connectivity index (χ4n) is 2.89. The Hall–Kier alpha value is -1.26. The maximum absolute atomic E-state index is 9.94. The monoisotopic (exact) mass is 263 g/mol. The molecule has 19 heavy (non-hydrogen) atoms. The van der Waals surface area contributed by atoms with Gasteiger partial charge in [0.25, 0.3) is 0 Å². The first-order valence-corrected chi connectivity index (χ1v) is 7.06. The molecule has 1 heterocycles. The third-order valence-electron chi connectivity index (χ3n) is 4.07. The number of hydrogen-bond donors (Lipinski definition) is 2. The summed E-state index contributed by atoms with van der Waals surface area (Å²) in [6, 6.07) is 6.23. The normalized spacial score (nSPS) is 29.7. The molecule has 4 nitrogen and oxygen atoms in total. The van der Waals surface area contributed by atoms with Crippen molar-refractivity contribution in [3.05, 3.63) is 23.8 Å². The Morgan fingerprint density at radius 1 is 1.32 bits per heavy atom. The largest absolute Gasteiger partial charge is 0.491 e. The molecule has 1 saturated carbocycles. The van der Waals surface area contributed by atoms with E-state index in [1.54, 1.807) is 0 Å². The number of benzene rings is 1. The van der Waals surface area contributed by atoms with Crippen molar-refractivity contribution in [2.24, 2.45) is 0 Å². The van der Waals surface area contributed by atoms with Crippen LogP contribution in [-0.2, 0) is 0 Å². The lowest BCUT2D eigenvalue weighted by Crippen LogP contribution is -2.34.